The second-order valence-electron chi connectivity index (χ2n) is 7.46. The molecule has 0 atom stereocenters. The summed E-state index contributed by atoms with van der Waals surface area (Å²) in [6.45, 7) is 11.7. The minimum absolute atomic E-state index is 0.255. The number of piperazine rings is 1. The predicted octanol–water partition coefficient (Wildman–Crippen LogP) is 3.67. The number of amides is 1. The van der Waals surface area contributed by atoms with Crippen molar-refractivity contribution in [3.63, 3.8) is 0 Å². The predicted molar refractivity (Wildman–Crippen MR) is 105 cm³/mol. The minimum Gasteiger partial charge on any atom is -0.494 e. The molecule has 0 unspecified atom stereocenters. The summed E-state index contributed by atoms with van der Waals surface area (Å²) in [5.41, 5.74) is 1.57. The topological polar surface area (TPSA) is 65.8 Å². The maximum absolute atomic E-state index is 12.2. The largest absolute Gasteiger partial charge is 0.494 e. The standard InChI is InChI=1S/C21H29N3O3/c1-5-26-19-10-6-8-17(9-7-11-22)18(19)16-23-12-14-24(15-13-23)20(25)27-21(2,3)4/h6-10H,5,12-16H2,1-4H3/b9-7+. The van der Waals surface area contributed by atoms with Gasteiger partial charge in [-0.2, -0.15) is 5.26 Å². The minimum atomic E-state index is -0.480. The van der Waals surface area contributed by atoms with Crippen LogP contribution in [0.1, 0.15) is 38.8 Å². The molecule has 1 aliphatic rings. The van der Waals surface area contributed by atoms with Crippen LogP contribution in [0, 0.1) is 11.3 Å². The van der Waals surface area contributed by atoms with E-state index in [1.165, 1.54) is 6.08 Å². The van der Waals surface area contributed by atoms with Crippen molar-refractivity contribution in [1.29, 1.82) is 5.26 Å². The first kappa shape index (κ1) is 20.8. The summed E-state index contributed by atoms with van der Waals surface area (Å²) in [5.74, 6) is 0.840. The molecule has 27 heavy (non-hydrogen) atoms. The molecule has 146 valence electrons. The van der Waals surface area contributed by atoms with Gasteiger partial charge < -0.3 is 14.4 Å². The maximum atomic E-state index is 12.2. The molecule has 6 heteroatoms. The Morgan fingerprint density at radius 1 is 1.26 bits per heavy atom. The molecular weight excluding hydrogens is 342 g/mol. The second kappa shape index (κ2) is 9.43. The number of ether oxygens (including phenoxy) is 2. The molecule has 0 saturated carbocycles. The van der Waals surface area contributed by atoms with Crippen LogP contribution in [-0.4, -0.2) is 54.3 Å². The van der Waals surface area contributed by atoms with Gasteiger partial charge in [0.1, 0.15) is 11.4 Å². The number of nitriles is 1. The van der Waals surface area contributed by atoms with E-state index in [4.69, 9.17) is 14.7 Å². The molecule has 1 aliphatic heterocycles. The van der Waals surface area contributed by atoms with E-state index in [-0.39, 0.29) is 6.09 Å². The van der Waals surface area contributed by atoms with Gasteiger partial charge in [-0.1, -0.05) is 12.1 Å². The Morgan fingerprint density at radius 3 is 2.56 bits per heavy atom. The molecule has 0 spiro atoms. The number of allylic oxidation sites excluding steroid dienone is 1. The lowest BCUT2D eigenvalue weighted by Gasteiger charge is -2.36. The number of hydrogen-bond acceptors (Lipinski definition) is 5. The van der Waals surface area contributed by atoms with E-state index in [9.17, 15) is 4.79 Å². The van der Waals surface area contributed by atoms with Crippen molar-refractivity contribution in [1.82, 2.24) is 9.80 Å². The van der Waals surface area contributed by atoms with Crippen LogP contribution in [0.3, 0.4) is 0 Å². The molecule has 1 aromatic carbocycles. The number of carbonyl (C=O) groups excluding carboxylic acids is 1. The molecule has 1 heterocycles. The molecule has 1 amide bonds. The first-order chi connectivity index (χ1) is 12.8. The Labute approximate surface area is 162 Å². The van der Waals surface area contributed by atoms with Crippen molar-refractivity contribution in [3.05, 3.63) is 35.4 Å². The third kappa shape index (κ3) is 6.30. The molecule has 0 bridgehead atoms. The van der Waals surface area contributed by atoms with Crippen molar-refractivity contribution >= 4 is 12.2 Å². The lowest BCUT2D eigenvalue weighted by Crippen LogP contribution is -2.49. The van der Waals surface area contributed by atoms with Crippen molar-refractivity contribution in [3.8, 4) is 11.8 Å². The summed E-state index contributed by atoms with van der Waals surface area (Å²) in [5, 5.41) is 8.85. The van der Waals surface area contributed by atoms with Crippen LogP contribution in [0.25, 0.3) is 6.08 Å². The quantitative estimate of drug-likeness (QED) is 0.739. The van der Waals surface area contributed by atoms with Gasteiger partial charge >= 0.3 is 6.09 Å². The van der Waals surface area contributed by atoms with Gasteiger partial charge in [0.2, 0.25) is 0 Å². The molecule has 2 rings (SSSR count). The lowest BCUT2D eigenvalue weighted by molar-refractivity contribution is 0.0138. The molecule has 0 radical (unpaired) electrons. The smallest absolute Gasteiger partial charge is 0.410 e. The Balaban J connectivity index is 2.05. The molecule has 0 aromatic heterocycles. The molecule has 6 nitrogen and oxygen atoms in total. The molecular formula is C21H29N3O3. The number of benzene rings is 1. The van der Waals surface area contributed by atoms with Gasteiger partial charge in [0.25, 0.3) is 0 Å². The summed E-state index contributed by atoms with van der Waals surface area (Å²) in [7, 11) is 0. The molecule has 0 aliphatic carbocycles. The summed E-state index contributed by atoms with van der Waals surface area (Å²) in [4.78, 5) is 16.3. The van der Waals surface area contributed by atoms with Crippen LogP contribution in [0.15, 0.2) is 24.3 Å². The van der Waals surface area contributed by atoms with E-state index >= 15 is 0 Å². The van der Waals surface area contributed by atoms with Gasteiger partial charge in [-0.25, -0.2) is 4.79 Å². The summed E-state index contributed by atoms with van der Waals surface area (Å²) in [6, 6.07) is 7.93. The summed E-state index contributed by atoms with van der Waals surface area (Å²) in [6.07, 6.45) is 3.04. The molecule has 1 saturated heterocycles. The van der Waals surface area contributed by atoms with Crippen LogP contribution in [0.5, 0.6) is 5.75 Å². The zero-order chi connectivity index (χ0) is 19.9. The van der Waals surface area contributed by atoms with Crippen LogP contribution in [-0.2, 0) is 11.3 Å². The average molecular weight is 371 g/mol. The number of nitrogens with zero attached hydrogens (tertiary/aromatic N) is 3. The van der Waals surface area contributed by atoms with E-state index in [1.807, 2.05) is 58.0 Å². The van der Waals surface area contributed by atoms with E-state index in [1.54, 1.807) is 4.90 Å². The van der Waals surface area contributed by atoms with E-state index < -0.39 is 5.60 Å². The zero-order valence-electron chi connectivity index (χ0n) is 16.7. The molecule has 0 N–H and O–H groups in total. The Kier molecular flexibility index (Phi) is 7.26. The highest BCUT2D eigenvalue weighted by molar-refractivity contribution is 5.68. The van der Waals surface area contributed by atoms with E-state index in [0.717, 1.165) is 30.0 Å². The van der Waals surface area contributed by atoms with Gasteiger partial charge in [0.15, 0.2) is 0 Å². The van der Waals surface area contributed by atoms with E-state index in [2.05, 4.69) is 4.90 Å². The SMILES string of the molecule is CCOc1cccc(/C=C/C#N)c1CN1CCN(C(=O)OC(C)(C)C)CC1. The fourth-order valence-corrected chi connectivity index (χ4v) is 2.96. The molecule has 1 aromatic rings. The Morgan fingerprint density at radius 2 is 1.96 bits per heavy atom. The average Bonchev–Trinajstić information content (AvgIpc) is 2.61. The second-order valence-corrected chi connectivity index (χ2v) is 7.46. The van der Waals surface area contributed by atoms with E-state index in [0.29, 0.717) is 26.2 Å². The van der Waals surface area contributed by atoms with Crippen molar-refractivity contribution in [2.24, 2.45) is 0 Å². The van der Waals surface area contributed by atoms with Crippen LogP contribution in [0.2, 0.25) is 0 Å². The fourth-order valence-electron chi connectivity index (χ4n) is 2.96. The van der Waals surface area contributed by atoms with Crippen molar-refractivity contribution < 1.29 is 14.3 Å². The first-order valence-corrected chi connectivity index (χ1v) is 9.35. The summed E-state index contributed by atoms with van der Waals surface area (Å²) < 4.78 is 11.2. The highest BCUT2D eigenvalue weighted by Crippen LogP contribution is 2.26. The summed E-state index contributed by atoms with van der Waals surface area (Å²) >= 11 is 0. The Bertz CT molecular complexity index is 708. The highest BCUT2D eigenvalue weighted by atomic mass is 16.6. The maximum Gasteiger partial charge on any atom is 0.410 e. The van der Waals surface area contributed by atoms with Gasteiger partial charge in [-0.3, -0.25) is 4.90 Å². The zero-order valence-corrected chi connectivity index (χ0v) is 16.7. The third-order valence-electron chi connectivity index (χ3n) is 4.21. The third-order valence-corrected chi connectivity index (χ3v) is 4.21. The fraction of sp³-hybridized carbons (Fsp3) is 0.524. The molecule has 1 fully saturated rings. The number of rotatable bonds is 5. The van der Waals surface area contributed by atoms with Crippen molar-refractivity contribution in [2.75, 3.05) is 32.8 Å². The van der Waals surface area contributed by atoms with Gasteiger partial charge in [0, 0.05) is 44.4 Å². The number of carbonyl (C=O) groups is 1. The van der Waals surface area contributed by atoms with Crippen molar-refractivity contribution in [2.45, 2.75) is 39.8 Å². The van der Waals surface area contributed by atoms with Crippen LogP contribution >= 0.6 is 0 Å². The highest BCUT2D eigenvalue weighted by Gasteiger charge is 2.26. The normalized spacial score (nSPS) is 15.6. The number of hydrogen-bond donors (Lipinski definition) is 0. The van der Waals surface area contributed by atoms with Crippen LogP contribution in [0.4, 0.5) is 4.79 Å². The first-order valence-electron chi connectivity index (χ1n) is 9.35. The van der Waals surface area contributed by atoms with Crippen LogP contribution < -0.4 is 4.74 Å². The lowest BCUT2D eigenvalue weighted by atomic mass is 10.0. The Hall–Kier alpha value is -2.52. The van der Waals surface area contributed by atoms with Gasteiger partial charge in [-0.05, 0) is 45.4 Å². The monoisotopic (exact) mass is 371 g/mol. The van der Waals surface area contributed by atoms with Gasteiger partial charge in [0.05, 0.1) is 12.7 Å². The van der Waals surface area contributed by atoms with Gasteiger partial charge in [-0.15, -0.1) is 0 Å².